The second-order valence-electron chi connectivity index (χ2n) is 3.50. The minimum Gasteiger partial charge on any atom is -0.378 e. The molecule has 0 saturated carbocycles. The van der Waals surface area contributed by atoms with Crippen LogP contribution in [-0.4, -0.2) is 44.6 Å². The van der Waals surface area contributed by atoms with E-state index in [9.17, 15) is 8.42 Å². The molecule has 84 valence electrons. The lowest BCUT2D eigenvalue weighted by Gasteiger charge is -2.23. The fraction of sp³-hybridized carbons (Fsp3) is 0.625. The second-order valence-corrected chi connectivity index (χ2v) is 5.49. The van der Waals surface area contributed by atoms with Crippen molar-refractivity contribution in [1.82, 2.24) is 15.5 Å². The molecule has 2 heterocycles. The Morgan fingerprint density at radius 3 is 3.00 bits per heavy atom. The van der Waals surface area contributed by atoms with Gasteiger partial charge in [-0.25, -0.2) is 8.42 Å². The number of nitrogens with one attached hydrogen (secondary N) is 2. The summed E-state index contributed by atoms with van der Waals surface area (Å²) in [6.45, 7) is 1.83. The Morgan fingerprint density at radius 2 is 2.40 bits per heavy atom. The van der Waals surface area contributed by atoms with Crippen LogP contribution in [0.1, 0.15) is 11.7 Å². The fourth-order valence-electron chi connectivity index (χ4n) is 1.58. The van der Waals surface area contributed by atoms with E-state index in [1.807, 2.05) is 0 Å². The van der Waals surface area contributed by atoms with Crippen LogP contribution in [0.5, 0.6) is 0 Å². The highest BCUT2D eigenvalue weighted by Crippen LogP contribution is 2.21. The molecule has 0 radical (unpaired) electrons. The molecule has 1 unspecified atom stereocenters. The Morgan fingerprint density at radius 1 is 1.60 bits per heavy atom. The van der Waals surface area contributed by atoms with Gasteiger partial charge in [-0.3, -0.25) is 5.10 Å². The normalized spacial score (nSPS) is 22.9. The molecular formula is C8H13N3O3S. The van der Waals surface area contributed by atoms with E-state index in [1.54, 1.807) is 0 Å². The number of sulfone groups is 1. The minimum atomic E-state index is -3.23. The first-order chi connectivity index (χ1) is 7.09. The van der Waals surface area contributed by atoms with Crippen molar-refractivity contribution in [1.29, 1.82) is 0 Å². The van der Waals surface area contributed by atoms with Gasteiger partial charge < -0.3 is 10.1 Å². The maximum Gasteiger partial charge on any atom is 0.178 e. The standard InChI is InChI=1S/C8H13N3O3S/c1-15(12,13)7-4-10-11-8(7)6-5-14-3-2-9-6/h4,6,9H,2-3,5H2,1H3,(H,10,11). The highest BCUT2D eigenvalue weighted by molar-refractivity contribution is 7.90. The topological polar surface area (TPSA) is 84.1 Å². The summed E-state index contributed by atoms with van der Waals surface area (Å²) in [4.78, 5) is 0.241. The lowest BCUT2D eigenvalue weighted by molar-refractivity contribution is 0.0748. The van der Waals surface area contributed by atoms with Gasteiger partial charge in [-0.05, 0) is 0 Å². The maximum atomic E-state index is 11.4. The van der Waals surface area contributed by atoms with E-state index in [-0.39, 0.29) is 10.9 Å². The van der Waals surface area contributed by atoms with Gasteiger partial charge in [0.2, 0.25) is 0 Å². The van der Waals surface area contributed by atoms with Crippen molar-refractivity contribution in [3.63, 3.8) is 0 Å². The van der Waals surface area contributed by atoms with Gasteiger partial charge in [-0.2, -0.15) is 5.10 Å². The summed E-state index contributed by atoms with van der Waals surface area (Å²) in [6.07, 6.45) is 2.51. The van der Waals surface area contributed by atoms with Crippen LogP contribution in [0, 0.1) is 0 Å². The van der Waals surface area contributed by atoms with Gasteiger partial charge in [-0.1, -0.05) is 0 Å². The predicted octanol–water partition coefficient (Wildman–Crippen LogP) is -0.526. The molecule has 0 bridgehead atoms. The third kappa shape index (κ3) is 2.19. The van der Waals surface area contributed by atoms with Crippen LogP contribution in [0.25, 0.3) is 0 Å². The molecule has 1 fully saturated rings. The molecule has 1 aliphatic heterocycles. The summed E-state index contributed by atoms with van der Waals surface area (Å²) in [6, 6.07) is -0.119. The van der Waals surface area contributed by atoms with Crippen LogP contribution in [0.15, 0.2) is 11.1 Å². The Kier molecular flexibility index (Phi) is 2.76. The van der Waals surface area contributed by atoms with Gasteiger partial charge in [0.15, 0.2) is 9.84 Å². The molecule has 1 saturated heterocycles. The molecule has 0 spiro atoms. The van der Waals surface area contributed by atoms with E-state index < -0.39 is 9.84 Å². The third-order valence-corrected chi connectivity index (χ3v) is 3.43. The van der Waals surface area contributed by atoms with Crippen LogP contribution >= 0.6 is 0 Å². The molecule has 2 N–H and O–H groups in total. The summed E-state index contributed by atoms with van der Waals surface area (Å²) in [5.74, 6) is 0. The van der Waals surface area contributed by atoms with Gasteiger partial charge in [-0.15, -0.1) is 0 Å². The Hall–Kier alpha value is -0.920. The largest absolute Gasteiger partial charge is 0.378 e. The van der Waals surface area contributed by atoms with Gasteiger partial charge in [0.25, 0.3) is 0 Å². The van der Waals surface area contributed by atoms with Crippen LogP contribution in [-0.2, 0) is 14.6 Å². The number of hydrogen-bond donors (Lipinski definition) is 2. The SMILES string of the molecule is CS(=O)(=O)c1cn[nH]c1C1COCCN1. The van der Waals surface area contributed by atoms with E-state index in [1.165, 1.54) is 12.5 Å². The van der Waals surface area contributed by atoms with Gasteiger partial charge in [0.1, 0.15) is 4.90 Å². The Balaban J connectivity index is 2.32. The molecule has 0 aromatic carbocycles. The first-order valence-corrected chi connectivity index (χ1v) is 6.52. The fourth-order valence-corrected chi connectivity index (χ4v) is 2.41. The van der Waals surface area contributed by atoms with Gasteiger partial charge >= 0.3 is 0 Å². The molecule has 1 aromatic heterocycles. The molecule has 1 atom stereocenters. The third-order valence-electron chi connectivity index (χ3n) is 2.30. The monoisotopic (exact) mass is 231 g/mol. The predicted molar refractivity (Wildman–Crippen MR) is 53.3 cm³/mol. The number of H-pyrrole nitrogens is 1. The molecule has 6 nitrogen and oxygen atoms in total. The minimum absolute atomic E-state index is 0.119. The number of hydrogen-bond acceptors (Lipinski definition) is 5. The van der Waals surface area contributed by atoms with Crippen molar-refractivity contribution in [2.75, 3.05) is 26.0 Å². The zero-order chi connectivity index (χ0) is 10.9. The molecule has 0 aliphatic carbocycles. The summed E-state index contributed by atoms with van der Waals surface area (Å²) in [5.41, 5.74) is 0.581. The van der Waals surface area contributed by atoms with E-state index in [2.05, 4.69) is 15.5 Å². The van der Waals surface area contributed by atoms with Crippen molar-refractivity contribution >= 4 is 9.84 Å². The molecule has 2 rings (SSSR count). The first kappa shape index (κ1) is 10.6. The molecule has 0 amide bonds. The van der Waals surface area contributed by atoms with E-state index in [4.69, 9.17) is 4.74 Å². The van der Waals surface area contributed by atoms with Gasteiger partial charge in [0.05, 0.1) is 31.1 Å². The lowest BCUT2D eigenvalue weighted by atomic mass is 10.2. The van der Waals surface area contributed by atoms with Crippen molar-refractivity contribution in [2.45, 2.75) is 10.9 Å². The van der Waals surface area contributed by atoms with Crippen LogP contribution in [0.2, 0.25) is 0 Å². The number of morpholine rings is 1. The van der Waals surface area contributed by atoms with Crippen LogP contribution in [0.4, 0.5) is 0 Å². The zero-order valence-electron chi connectivity index (χ0n) is 8.36. The van der Waals surface area contributed by atoms with Crippen molar-refractivity contribution in [3.05, 3.63) is 11.9 Å². The highest BCUT2D eigenvalue weighted by atomic mass is 32.2. The highest BCUT2D eigenvalue weighted by Gasteiger charge is 2.24. The zero-order valence-corrected chi connectivity index (χ0v) is 9.17. The Labute approximate surface area is 87.9 Å². The number of ether oxygens (including phenoxy) is 1. The van der Waals surface area contributed by atoms with E-state index in [0.717, 1.165) is 0 Å². The summed E-state index contributed by atoms with van der Waals surface area (Å²) in [7, 11) is -3.23. The smallest absolute Gasteiger partial charge is 0.178 e. The van der Waals surface area contributed by atoms with Gasteiger partial charge in [0, 0.05) is 12.8 Å². The quantitative estimate of drug-likeness (QED) is 0.715. The Bertz CT molecular complexity index is 434. The number of rotatable bonds is 2. The average Bonchev–Trinajstić information content (AvgIpc) is 2.67. The summed E-state index contributed by atoms with van der Waals surface area (Å²) >= 11 is 0. The first-order valence-electron chi connectivity index (χ1n) is 4.63. The molecule has 15 heavy (non-hydrogen) atoms. The van der Waals surface area contributed by atoms with E-state index >= 15 is 0 Å². The molecule has 7 heteroatoms. The number of aromatic nitrogens is 2. The van der Waals surface area contributed by atoms with E-state index in [0.29, 0.717) is 25.5 Å². The molecule has 1 aromatic rings. The maximum absolute atomic E-state index is 11.4. The van der Waals surface area contributed by atoms with Crippen molar-refractivity contribution in [2.24, 2.45) is 0 Å². The van der Waals surface area contributed by atoms with Crippen LogP contribution < -0.4 is 5.32 Å². The van der Waals surface area contributed by atoms with Crippen molar-refractivity contribution in [3.8, 4) is 0 Å². The van der Waals surface area contributed by atoms with Crippen LogP contribution in [0.3, 0.4) is 0 Å². The number of nitrogens with zero attached hydrogens (tertiary/aromatic N) is 1. The molecular weight excluding hydrogens is 218 g/mol. The second kappa shape index (κ2) is 3.92. The number of aromatic amines is 1. The summed E-state index contributed by atoms with van der Waals surface area (Å²) in [5, 5.41) is 9.65. The lowest BCUT2D eigenvalue weighted by Crippen LogP contribution is -2.35. The summed E-state index contributed by atoms with van der Waals surface area (Å²) < 4.78 is 28.1. The average molecular weight is 231 g/mol. The van der Waals surface area contributed by atoms with Crippen molar-refractivity contribution < 1.29 is 13.2 Å². The molecule has 1 aliphatic rings.